The smallest absolute Gasteiger partial charge is 0.424 e. The lowest BCUT2D eigenvalue weighted by Gasteiger charge is -2.32. The normalized spacial score (nSPS) is 26.6. The Morgan fingerprint density at radius 2 is 1.95 bits per heavy atom. The van der Waals surface area contributed by atoms with Gasteiger partial charge in [0.05, 0.1) is 6.61 Å². The molecule has 1 amide bonds. The molecule has 20 heavy (non-hydrogen) atoms. The lowest BCUT2D eigenvalue weighted by molar-refractivity contribution is 0.0271. The van der Waals surface area contributed by atoms with Gasteiger partial charge in [0.1, 0.15) is 11.1 Å². The van der Waals surface area contributed by atoms with Crippen LogP contribution in [0, 0.1) is 0 Å². The topological polar surface area (TPSA) is 55.8 Å². The van der Waals surface area contributed by atoms with E-state index in [-0.39, 0.29) is 6.61 Å². The number of hydrogen-bond acceptors (Lipinski definition) is 4. The van der Waals surface area contributed by atoms with Crippen molar-refractivity contribution in [3.63, 3.8) is 0 Å². The van der Waals surface area contributed by atoms with Crippen LogP contribution in [-0.2, 0) is 25.7 Å². The van der Waals surface area contributed by atoms with E-state index in [9.17, 15) is 9.00 Å². The number of ether oxygens (including phenoxy) is 1. The van der Waals surface area contributed by atoms with Crippen molar-refractivity contribution in [2.24, 2.45) is 0 Å². The molecule has 0 radical (unpaired) electrons. The van der Waals surface area contributed by atoms with E-state index in [1.807, 2.05) is 37.3 Å². The van der Waals surface area contributed by atoms with Crippen LogP contribution in [0.3, 0.4) is 0 Å². The zero-order chi connectivity index (χ0) is 15.0. The first kappa shape index (κ1) is 15.0. The maximum Gasteiger partial charge on any atom is 0.424 e. The second kappa shape index (κ2) is 5.18. The molecule has 5 nitrogen and oxygen atoms in total. The maximum atomic E-state index is 12.3. The Morgan fingerprint density at radius 1 is 1.35 bits per heavy atom. The first-order valence-electron chi connectivity index (χ1n) is 6.38. The van der Waals surface area contributed by atoms with Crippen LogP contribution in [0.2, 0.25) is 0 Å². The molecule has 1 unspecified atom stereocenters. The summed E-state index contributed by atoms with van der Waals surface area (Å²) in [5.41, 5.74) is -0.590. The van der Waals surface area contributed by atoms with E-state index in [4.69, 9.17) is 8.92 Å². The van der Waals surface area contributed by atoms with Crippen molar-refractivity contribution in [3.8, 4) is 0 Å². The molecule has 0 N–H and O–H groups in total. The average molecular weight is 297 g/mol. The number of hydrogen-bond donors (Lipinski definition) is 0. The molecular formula is C14H19NO4S. The largest absolute Gasteiger partial charge is 0.443 e. The summed E-state index contributed by atoms with van der Waals surface area (Å²) in [6.07, 6.45) is -0.639. The van der Waals surface area contributed by atoms with Gasteiger partial charge in [-0.1, -0.05) is 30.3 Å². The van der Waals surface area contributed by atoms with Crippen LogP contribution < -0.4 is 0 Å². The molecule has 1 heterocycles. The Morgan fingerprint density at radius 3 is 2.50 bits per heavy atom. The average Bonchev–Trinajstić information content (AvgIpc) is 2.65. The summed E-state index contributed by atoms with van der Waals surface area (Å²) < 4.78 is 23.7. The maximum absolute atomic E-state index is 12.3. The molecule has 2 atom stereocenters. The zero-order valence-electron chi connectivity index (χ0n) is 12.1. The predicted octanol–water partition coefficient (Wildman–Crippen LogP) is 2.75. The molecule has 1 aromatic carbocycles. The van der Waals surface area contributed by atoms with E-state index < -0.39 is 28.5 Å². The van der Waals surface area contributed by atoms with E-state index in [2.05, 4.69) is 0 Å². The van der Waals surface area contributed by atoms with Gasteiger partial charge in [-0.2, -0.15) is 4.31 Å². The summed E-state index contributed by atoms with van der Waals surface area (Å²) >= 11 is -1.84. The minimum Gasteiger partial charge on any atom is -0.443 e. The van der Waals surface area contributed by atoms with Gasteiger partial charge in [-0.25, -0.2) is 9.00 Å². The molecule has 110 valence electrons. The number of amides is 1. The van der Waals surface area contributed by atoms with Crippen LogP contribution in [-0.4, -0.2) is 26.8 Å². The SMILES string of the molecule is CC(C)(C)OC(=O)N1S(=O)OC[C@]1(C)c1ccccc1. The molecule has 1 aromatic rings. The van der Waals surface area contributed by atoms with Gasteiger partial charge in [0.25, 0.3) is 11.3 Å². The Bertz CT molecular complexity index is 526. The molecule has 1 saturated heterocycles. The highest BCUT2D eigenvalue weighted by Crippen LogP contribution is 2.36. The molecule has 0 saturated carbocycles. The Balaban J connectivity index is 2.34. The van der Waals surface area contributed by atoms with E-state index >= 15 is 0 Å². The van der Waals surface area contributed by atoms with Crippen molar-refractivity contribution in [1.29, 1.82) is 0 Å². The van der Waals surface area contributed by atoms with Gasteiger partial charge in [-0.3, -0.25) is 4.18 Å². The number of carbonyl (C=O) groups is 1. The summed E-state index contributed by atoms with van der Waals surface area (Å²) in [6, 6.07) is 9.38. The van der Waals surface area contributed by atoms with Gasteiger partial charge in [0.15, 0.2) is 0 Å². The summed E-state index contributed by atoms with van der Waals surface area (Å²) in [5, 5.41) is 0. The van der Waals surface area contributed by atoms with Crippen molar-refractivity contribution in [2.45, 2.75) is 38.8 Å². The monoisotopic (exact) mass is 297 g/mol. The fourth-order valence-electron chi connectivity index (χ4n) is 2.00. The first-order chi connectivity index (χ1) is 9.24. The van der Waals surface area contributed by atoms with Crippen LogP contribution >= 0.6 is 0 Å². The van der Waals surface area contributed by atoms with Crippen LogP contribution in [0.4, 0.5) is 4.79 Å². The summed E-state index contributed by atoms with van der Waals surface area (Å²) in [6.45, 7) is 7.29. The fraction of sp³-hybridized carbons (Fsp3) is 0.500. The summed E-state index contributed by atoms with van der Waals surface area (Å²) in [7, 11) is 0. The lowest BCUT2D eigenvalue weighted by atomic mass is 9.93. The Labute approximate surface area is 121 Å². The van der Waals surface area contributed by atoms with E-state index in [1.54, 1.807) is 20.8 Å². The van der Waals surface area contributed by atoms with Crippen LogP contribution in [0.5, 0.6) is 0 Å². The molecule has 1 aliphatic rings. The van der Waals surface area contributed by atoms with Crippen molar-refractivity contribution < 1.29 is 17.9 Å². The molecule has 0 bridgehead atoms. The molecule has 6 heteroatoms. The molecule has 1 fully saturated rings. The van der Waals surface area contributed by atoms with E-state index in [0.717, 1.165) is 9.87 Å². The highest BCUT2D eigenvalue weighted by atomic mass is 32.2. The number of benzene rings is 1. The number of carbonyl (C=O) groups excluding carboxylic acids is 1. The van der Waals surface area contributed by atoms with Crippen molar-refractivity contribution in [2.75, 3.05) is 6.61 Å². The lowest BCUT2D eigenvalue weighted by Crippen LogP contribution is -2.46. The highest BCUT2D eigenvalue weighted by molar-refractivity contribution is 7.78. The third kappa shape index (κ3) is 2.86. The van der Waals surface area contributed by atoms with Gasteiger partial charge >= 0.3 is 6.09 Å². The van der Waals surface area contributed by atoms with Crippen LogP contribution in [0.1, 0.15) is 33.3 Å². The standard InChI is InChI=1S/C14H19NO4S/c1-13(2,3)19-12(16)15-14(4,10-18-20(15)17)11-8-6-5-7-9-11/h5-9H,10H2,1-4H3/t14-,20?/m1/s1. The van der Waals surface area contributed by atoms with Gasteiger partial charge in [-0.05, 0) is 33.3 Å². The second-order valence-corrected chi connectivity index (χ2v) is 6.93. The Kier molecular flexibility index (Phi) is 3.88. The van der Waals surface area contributed by atoms with Crippen molar-refractivity contribution in [1.82, 2.24) is 4.31 Å². The van der Waals surface area contributed by atoms with Gasteiger partial charge in [0, 0.05) is 0 Å². The van der Waals surface area contributed by atoms with E-state index in [0.29, 0.717) is 0 Å². The third-order valence-corrected chi connectivity index (χ3v) is 4.16. The number of rotatable bonds is 1. The minimum absolute atomic E-state index is 0.170. The predicted molar refractivity (Wildman–Crippen MR) is 76.0 cm³/mol. The second-order valence-electron chi connectivity index (χ2n) is 5.89. The molecule has 2 rings (SSSR count). The van der Waals surface area contributed by atoms with Gasteiger partial charge in [-0.15, -0.1) is 0 Å². The zero-order valence-corrected chi connectivity index (χ0v) is 12.9. The van der Waals surface area contributed by atoms with E-state index in [1.165, 1.54) is 0 Å². The minimum atomic E-state index is -1.84. The van der Waals surface area contributed by atoms with Crippen molar-refractivity contribution >= 4 is 17.4 Å². The van der Waals surface area contributed by atoms with Gasteiger partial charge in [0.2, 0.25) is 0 Å². The molecule has 0 spiro atoms. The first-order valence-corrected chi connectivity index (χ1v) is 7.41. The fourth-order valence-corrected chi connectivity index (χ4v) is 3.09. The quantitative estimate of drug-likeness (QED) is 0.800. The molecule has 0 aliphatic carbocycles. The Hall–Kier alpha value is -1.40. The highest BCUT2D eigenvalue weighted by Gasteiger charge is 2.49. The summed E-state index contributed by atoms with van der Waals surface area (Å²) in [5.74, 6) is 0. The van der Waals surface area contributed by atoms with Crippen LogP contribution in [0.15, 0.2) is 30.3 Å². The van der Waals surface area contributed by atoms with Gasteiger partial charge < -0.3 is 4.74 Å². The van der Waals surface area contributed by atoms with Crippen molar-refractivity contribution in [3.05, 3.63) is 35.9 Å². The molecular weight excluding hydrogens is 278 g/mol. The number of nitrogens with zero attached hydrogens (tertiary/aromatic N) is 1. The molecule has 1 aliphatic heterocycles. The summed E-state index contributed by atoms with van der Waals surface area (Å²) in [4.78, 5) is 12.3. The molecule has 0 aromatic heterocycles. The van der Waals surface area contributed by atoms with Crippen LogP contribution in [0.25, 0.3) is 0 Å². The third-order valence-electron chi connectivity index (χ3n) is 2.99.